The Hall–Kier alpha value is -1.84. The molecular weight excluding hydrogens is 240 g/mol. The molecule has 4 nitrogen and oxygen atoms in total. The molecule has 1 atom stereocenters. The number of likely N-dealkylation sites (tertiary alicyclic amines) is 1. The van der Waals surface area contributed by atoms with Crippen LogP contribution in [0.25, 0.3) is 0 Å². The topological polar surface area (TPSA) is 49.4 Å². The maximum Gasteiger partial charge on any atom is 0.231 e. The Morgan fingerprint density at radius 2 is 1.58 bits per heavy atom. The molecule has 4 heteroatoms. The van der Waals surface area contributed by atoms with Crippen LogP contribution in [0.5, 0.6) is 0 Å². The van der Waals surface area contributed by atoms with Crippen LogP contribution in [0.4, 0.5) is 5.69 Å². The lowest BCUT2D eigenvalue weighted by atomic mass is 10.1. The van der Waals surface area contributed by atoms with Crippen LogP contribution in [0.15, 0.2) is 24.3 Å². The summed E-state index contributed by atoms with van der Waals surface area (Å²) >= 11 is 0. The third-order valence-corrected chi connectivity index (χ3v) is 3.37. The summed E-state index contributed by atoms with van der Waals surface area (Å²) in [6.07, 6.45) is 0.389. The van der Waals surface area contributed by atoms with Crippen LogP contribution in [-0.4, -0.2) is 22.9 Å². The molecule has 102 valence electrons. The van der Waals surface area contributed by atoms with Crippen molar-refractivity contribution < 1.29 is 9.59 Å². The van der Waals surface area contributed by atoms with Crippen LogP contribution < -0.4 is 5.32 Å². The summed E-state index contributed by atoms with van der Waals surface area (Å²) in [6.45, 7) is 6.03. The van der Waals surface area contributed by atoms with Crippen molar-refractivity contribution in [2.24, 2.45) is 5.92 Å². The van der Waals surface area contributed by atoms with Gasteiger partial charge >= 0.3 is 0 Å². The highest BCUT2D eigenvalue weighted by Gasteiger charge is 2.36. The van der Waals surface area contributed by atoms with E-state index in [1.165, 1.54) is 10.5 Å². The molecule has 1 aliphatic rings. The quantitative estimate of drug-likeness (QED) is 0.846. The van der Waals surface area contributed by atoms with Gasteiger partial charge in [-0.1, -0.05) is 31.5 Å². The van der Waals surface area contributed by atoms with E-state index in [2.05, 4.69) is 5.32 Å². The zero-order valence-corrected chi connectivity index (χ0v) is 11.6. The van der Waals surface area contributed by atoms with Crippen LogP contribution in [0.1, 0.15) is 32.3 Å². The first kappa shape index (κ1) is 13.6. The lowest BCUT2D eigenvalue weighted by Crippen LogP contribution is -2.47. The number of hydrogen-bond acceptors (Lipinski definition) is 3. The molecule has 1 saturated heterocycles. The summed E-state index contributed by atoms with van der Waals surface area (Å²) in [5.74, 6) is -0.000994. The smallest absolute Gasteiger partial charge is 0.231 e. The molecule has 0 bridgehead atoms. The number of anilines is 1. The minimum Gasteiger partial charge on any atom is -0.365 e. The Labute approximate surface area is 113 Å². The molecule has 1 aliphatic heterocycles. The number of aryl methyl sites for hydroxylation is 1. The number of benzene rings is 1. The lowest BCUT2D eigenvalue weighted by Gasteiger charge is -2.31. The maximum atomic E-state index is 11.8. The minimum atomic E-state index is -0.273. The fourth-order valence-electron chi connectivity index (χ4n) is 2.25. The van der Waals surface area contributed by atoms with Crippen molar-refractivity contribution in [1.29, 1.82) is 0 Å². The van der Waals surface area contributed by atoms with Crippen molar-refractivity contribution in [3.63, 3.8) is 0 Å². The Morgan fingerprint density at radius 1 is 1.05 bits per heavy atom. The number of carbonyl (C=O) groups is 2. The molecule has 1 N–H and O–H groups in total. The van der Waals surface area contributed by atoms with Gasteiger partial charge in [0.25, 0.3) is 0 Å². The van der Waals surface area contributed by atoms with Crippen molar-refractivity contribution >= 4 is 17.5 Å². The Morgan fingerprint density at radius 3 is 2.05 bits per heavy atom. The van der Waals surface area contributed by atoms with Crippen molar-refractivity contribution in [2.45, 2.75) is 39.8 Å². The van der Waals surface area contributed by atoms with Crippen LogP contribution >= 0.6 is 0 Å². The summed E-state index contributed by atoms with van der Waals surface area (Å²) in [5.41, 5.74) is 2.11. The third-order valence-electron chi connectivity index (χ3n) is 3.37. The van der Waals surface area contributed by atoms with Gasteiger partial charge < -0.3 is 5.32 Å². The molecule has 0 saturated carbocycles. The number of hydrogen-bond donors (Lipinski definition) is 1. The number of amides is 2. The van der Waals surface area contributed by atoms with Gasteiger partial charge in [-0.15, -0.1) is 0 Å². The van der Waals surface area contributed by atoms with Gasteiger partial charge in [0.05, 0.1) is 0 Å². The van der Waals surface area contributed by atoms with Crippen molar-refractivity contribution in [3.05, 3.63) is 29.8 Å². The Bertz CT molecular complexity index is 463. The third kappa shape index (κ3) is 2.95. The first-order valence-corrected chi connectivity index (χ1v) is 6.67. The molecule has 1 aromatic rings. The first-order valence-electron chi connectivity index (χ1n) is 6.67. The van der Waals surface area contributed by atoms with Gasteiger partial charge in [0.2, 0.25) is 11.8 Å². The molecule has 0 aromatic heterocycles. The molecule has 1 aromatic carbocycles. The number of rotatable bonds is 4. The van der Waals surface area contributed by atoms with Gasteiger partial charge in [0.1, 0.15) is 6.17 Å². The summed E-state index contributed by atoms with van der Waals surface area (Å²) in [4.78, 5) is 25.1. The van der Waals surface area contributed by atoms with Gasteiger partial charge in [0.15, 0.2) is 0 Å². The standard InChI is InChI=1S/C15H20N2O2/c1-10(2)15(17-13(18)8-9-14(17)19)16-12-6-4-11(3)5-7-12/h4-7,10,15-16H,8-9H2,1-3H3/t15-/m0/s1. The number of imide groups is 1. The normalized spacial score (nSPS) is 17.2. The molecule has 0 unspecified atom stereocenters. The minimum absolute atomic E-state index is 0.0803. The molecular formula is C15H20N2O2. The highest BCUT2D eigenvalue weighted by molar-refractivity contribution is 6.02. The first-order chi connectivity index (χ1) is 8.99. The summed E-state index contributed by atoms with van der Waals surface area (Å²) < 4.78 is 0. The monoisotopic (exact) mass is 260 g/mol. The van der Waals surface area contributed by atoms with E-state index in [9.17, 15) is 9.59 Å². The van der Waals surface area contributed by atoms with Crippen molar-refractivity contribution in [3.8, 4) is 0 Å². The van der Waals surface area contributed by atoms with E-state index in [0.29, 0.717) is 12.8 Å². The molecule has 1 fully saturated rings. The molecule has 1 heterocycles. The van der Waals surface area contributed by atoms with Crippen LogP contribution in [0.3, 0.4) is 0 Å². The van der Waals surface area contributed by atoms with Crippen LogP contribution in [-0.2, 0) is 9.59 Å². The second-order valence-electron chi connectivity index (χ2n) is 5.36. The van der Waals surface area contributed by atoms with E-state index in [4.69, 9.17) is 0 Å². The van der Waals surface area contributed by atoms with E-state index in [1.807, 2.05) is 45.0 Å². The molecule has 0 radical (unpaired) electrons. The van der Waals surface area contributed by atoms with Crippen LogP contribution in [0.2, 0.25) is 0 Å². The largest absolute Gasteiger partial charge is 0.365 e. The average molecular weight is 260 g/mol. The van der Waals surface area contributed by atoms with Gasteiger partial charge in [-0.3, -0.25) is 14.5 Å². The SMILES string of the molecule is Cc1ccc(N[C@H](C(C)C)N2C(=O)CCC2=O)cc1. The Balaban J connectivity index is 2.19. The second-order valence-corrected chi connectivity index (χ2v) is 5.36. The lowest BCUT2D eigenvalue weighted by molar-refractivity contribution is -0.141. The number of nitrogens with zero attached hydrogens (tertiary/aromatic N) is 1. The van der Waals surface area contributed by atoms with Gasteiger partial charge in [-0.25, -0.2) is 0 Å². The molecule has 19 heavy (non-hydrogen) atoms. The molecule has 0 aliphatic carbocycles. The van der Waals surface area contributed by atoms with E-state index >= 15 is 0 Å². The van der Waals surface area contributed by atoms with Gasteiger partial charge in [0, 0.05) is 18.5 Å². The van der Waals surface area contributed by atoms with E-state index in [1.54, 1.807) is 0 Å². The average Bonchev–Trinajstić information content (AvgIpc) is 2.68. The van der Waals surface area contributed by atoms with E-state index in [0.717, 1.165) is 5.69 Å². The Kier molecular flexibility index (Phi) is 3.88. The maximum absolute atomic E-state index is 11.8. The zero-order chi connectivity index (χ0) is 14.0. The predicted molar refractivity (Wildman–Crippen MR) is 74.5 cm³/mol. The zero-order valence-electron chi connectivity index (χ0n) is 11.6. The second kappa shape index (κ2) is 5.43. The van der Waals surface area contributed by atoms with Crippen LogP contribution in [0, 0.1) is 12.8 Å². The fourth-order valence-corrected chi connectivity index (χ4v) is 2.25. The summed E-state index contributed by atoms with van der Waals surface area (Å²) in [5, 5.41) is 3.29. The molecule has 2 amide bonds. The van der Waals surface area contributed by atoms with E-state index in [-0.39, 0.29) is 23.9 Å². The molecule has 0 spiro atoms. The van der Waals surface area contributed by atoms with E-state index < -0.39 is 0 Å². The highest BCUT2D eigenvalue weighted by atomic mass is 16.2. The van der Waals surface area contributed by atoms with Gasteiger partial charge in [-0.05, 0) is 25.0 Å². The van der Waals surface area contributed by atoms with Crippen molar-refractivity contribution in [2.75, 3.05) is 5.32 Å². The summed E-state index contributed by atoms with van der Waals surface area (Å²) in [6, 6.07) is 7.95. The van der Waals surface area contributed by atoms with Gasteiger partial charge in [-0.2, -0.15) is 0 Å². The molecule has 2 rings (SSSR count). The predicted octanol–water partition coefficient (Wildman–Crippen LogP) is 2.54. The summed E-state index contributed by atoms with van der Waals surface area (Å²) in [7, 11) is 0. The van der Waals surface area contributed by atoms with Crippen molar-refractivity contribution in [1.82, 2.24) is 4.90 Å². The number of nitrogens with one attached hydrogen (secondary N) is 1. The highest BCUT2D eigenvalue weighted by Crippen LogP contribution is 2.22. The number of carbonyl (C=O) groups excluding carboxylic acids is 2. The fraction of sp³-hybridized carbons (Fsp3) is 0.467.